The van der Waals surface area contributed by atoms with Crippen LogP contribution in [0.2, 0.25) is 0 Å². The number of allylic oxidation sites excluding steroid dienone is 2. The van der Waals surface area contributed by atoms with Crippen LogP contribution < -0.4 is 10.0 Å². The highest BCUT2D eigenvalue weighted by Crippen LogP contribution is 2.27. The van der Waals surface area contributed by atoms with Crippen LogP contribution in [0, 0.1) is 11.8 Å². The zero-order valence-corrected chi connectivity index (χ0v) is 15.7. The number of anilines is 2. The lowest BCUT2D eigenvalue weighted by atomic mass is 9.82. The van der Waals surface area contributed by atoms with Crippen molar-refractivity contribution >= 4 is 44.1 Å². The van der Waals surface area contributed by atoms with Crippen molar-refractivity contribution in [1.82, 2.24) is 4.98 Å². The molecule has 0 saturated carbocycles. The Bertz CT molecular complexity index is 953. The number of rotatable bonds is 6. The van der Waals surface area contributed by atoms with Gasteiger partial charge in [0.2, 0.25) is 5.91 Å². The van der Waals surface area contributed by atoms with Crippen LogP contribution in [0.5, 0.6) is 0 Å². The largest absolute Gasteiger partial charge is 0.481 e. The predicted molar refractivity (Wildman–Crippen MR) is 101 cm³/mol. The van der Waals surface area contributed by atoms with E-state index in [-0.39, 0.29) is 10.0 Å². The molecule has 0 radical (unpaired) electrons. The number of hydrogen-bond donors (Lipinski definition) is 3. The number of aliphatic carboxylic acids is 1. The van der Waals surface area contributed by atoms with Gasteiger partial charge in [0.1, 0.15) is 0 Å². The zero-order chi connectivity index (χ0) is 19.4. The van der Waals surface area contributed by atoms with E-state index in [2.05, 4.69) is 15.0 Å². The summed E-state index contributed by atoms with van der Waals surface area (Å²) < 4.78 is 27.0. The molecule has 2 atom stereocenters. The van der Waals surface area contributed by atoms with E-state index in [9.17, 15) is 23.1 Å². The normalized spacial score (nSPS) is 19.4. The minimum atomic E-state index is -3.77. The van der Waals surface area contributed by atoms with Crippen LogP contribution in [0.15, 0.2) is 52.9 Å². The van der Waals surface area contributed by atoms with Gasteiger partial charge in [0.25, 0.3) is 10.0 Å². The molecule has 1 aromatic carbocycles. The quantitative estimate of drug-likeness (QED) is 0.632. The molecule has 0 aliphatic heterocycles. The van der Waals surface area contributed by atoms with Gasteiger partial charge in [0.05, 0.1) is 16.7 Å². The van der Waals surface area contributed by atoms with Gasteiger partial charge >= 0.3 is 5.97 Å². The first kappa shape index (κ1) is 19.1. The van der Waals surface area contributed by atoms with E-state index in [1.807, 2.05) is 0 Å². The fourth-order valence-electron chi connectivity index (χ4n) is 2.78. The number of thiazole rings is 1. The number of carbonyl (C=O) groups excluding carboxylic acids is 1. The van der Waals surface area contributed by atoms with E-state index < -0.39 is 33.7 Å². The highest BCUT2D eigenvalue weighted by atomic mass is 32.2. The fourth-order valence-corrected chi connectivity index (χ4v) is 4.57. The van der Waals surface area contributed by atoms with E-state index >= 15 is 0 Å². The molecule has 1 aromatic heterocycles. The maximum atomic E-state index is 12.4. The van der Waals surface area contributed by atoms with Crippen molar-refractivity contribution < 1.29 is 23.1 Å². The van der Waals surface area contributed by atoms with Gasteiger partial charge in [-0.2, -0.15) is 0 Å². The molecule has 0 saturated heterocycles. The minimum Gasteiger partial charge on any atom is -0.481 e. The molecule has 1 aliphatic carbocycles. The van der Waals surface area contributed by atoms with Crippen molar-refractivity contribution in [1.29, 1.82) is 0 Å². The Morgan fingerprint density at radius 2 is 1.78 bits per heavy atom. The zero-order valence-electron chi connectivity index (χ0n) is 14.0. The lowest BCUT2D eigenvalue weighted by Crippen LogP contribution is -2.34. The average Bonchev–Trinajstić information content (AvgIpc) is 3.14. The van der Waals surface area contributed by atoms with Gasteiger partial charge in [-0.15, -0.1) is 11.3 Å². The number of nitrogens with zero attached hydrogens (tertiary/aromatic N) is 1. The Hall–Kier alpha value is -2.72. The Balaban J connectivity index is 1.69. The lowest BCUT2D eigenvalue weighted by Gasteiger charge is -2.24. The summed E-state index contributed by atoms with van der Waals surface area (Å²) in [7, 11) is -3.77. The topological polar surface area (TPSA) is 125 Å². The summed E-state index contributed by atoms with van der Waals surface area (Å²) in [4.78, 5) is 27.6. The van der Waals surface area contributed by atoms with Crippen LogP contribution in [0.25, 0.3) is 0 Å². The number of carboxylic acid groups (broad SMARTS) is 1. The maximum Gasteiger partial charge on any atom is 0.307 e. The maximum absolute atomic E-state index is 12.4. The van der Waals surface area contributed by atoms with E-state index in [1.54, 1.807) is 17.5 Å². The Labute approximate surface area is 160 Å². The number of amides is 1. The van der Waals surface area contributed by atoms with Crippen LogP contribution in [-0.2, 0) is 19.6 Å². The second-order valence-corrected chi connectivity index (χ2v) is 8.53. The summed E-state index contributed by atoms with van der Waals surface area (Å²) >= 11 is 1.16. The van der Waals surface area contributed by atoms with Crippen LogP contribution in [0.3, 0.4) is 0 Å². The van der Waals surface area contributed by atoms with Gasteiger partial charge in [-0.05, 0) is 37.1 Å². The summed E-state index contributed by atoms with van der Waals surface area (Å²) in [5, 5.41) is 13.8. The summed E-state index contributed by atoms with van der Waals surface area (Å²) in [6.45, 7) is 0. The van der Waals surface area contributed by atoms with Gasteiger partial charge in [-0.1, -0.05) is 12.2 Å². The highest BCUT2D eigenvalue weighted by molar-refractivity contribution is 7.93. The molecule has 10 heteroatoms. The first-order valence-corrected chi connectivity index (χ1v) is 10.4. The van der Waals surface area contributed by atoms with Gasteiger partial charge < -0.3 is 10.4 Å². The Kier molecular flexibility index (Phi) is 5.57. The highest BCUT2D eigenvalue weighted by Gasteiger charge is 2.33. The second kappa shape index (κ2) is 7.89. The van der Waals surface area contributed by atoms with E-state index in [4.69, 9.17) is 0 Å². The number of carbonyl (C=O) groups is 2. The molecule has 142 valence electrons. The monoisotopic (exact) mass is 407 g/mol. The van der Waals surface area contributed by atoms with Gasteiger partial charge in [0, 0.05) is 17.3 Å². The molecule has 0 fully saturated rings. The minimum absolute atomic E-state index is 0.0275. The third-order valence-electron chi connectivity index (χ3n) is 4.17. The molecule has 1 heterocycles. The molecule has 0 unspecified atom stereocenters. The smallest absolute Gasteiger partial charge is 0.307 e. The van der Waals surface area contributed by atoms with Gasteiger partial charge in [0.15, 0.2) is 5.13 Å². The third kappa shape index (κ3) is 4.52. The second-order valence-electron chi connectivity index (χ2n) is 5.95. The summed E-state index contributed by atoms with van der Waals surface area (Å²) in [5.74, 6) is -2.84. The lowest BCUT2D eigenvalue weighted by molar-refractivity contribution is -0.146. The number of benzene rings is 1. The van der Waals surface area contributed by atoms with Crippen molar-refractivity contribution in [2.45, 2.75) is 17.7 Å². The molecule has 1 amide bonds. The first-order valence-electron chi connectivity index (χ1n) is 8.08. The number of nitrogens with one attached hydrogen (secondary N) is 2. The predicted octanol–water partition coefficient (Wildman–Crippen LogP) is 2.55. The number of aromatic nitrogens is 1. The van der Waals surface area contributed by atoms with Crippen LogP contribution >= 0.6 is 11.3 Å². The Morgan fingerprint density at radius 1 is 1.11 bits per heavy atom. The molecular weight excluding hydrogens is 390 g/mol. The van der Waals surface area contributed by atoms with E-state index in [0.29, 0.717) is 18.5 Å². The fraction of sp³-hybridized carbons (Fsp3) is 0.235. The summed E-state index contributed by atoms with van der Waals surface area (Å²) in [6.07, 6.45) is 5.72. The molecule has 0 spiro atoms. The average molecular weight is 407 g/mol. The standard InChI is InChI=1S/C17H17N3O5S2/c21-15(13-3-1-2-4-14(13)16(22)23)19-11-5-7-12(8-6-11)27(24,25)20-17-18-9-10-26-17/h1-2,5-10,13-14H,3-4H2,(H,18,20)(H,19,21)(H,22,23)/t13-,14+/m0/s1. The SMILES string of the molecule is O=C(Nc1ccc(S(=O)(=O)Nc2nccs2)cc1)[C@H]1CC=CC[C@H]1C(=O)O. The first-order chi connectivity index (χ1) is 12.9. The third-order valence-corrected chi connectivity index (χ3v) is 6.35. The van der Waals surface area contributed by atoms with Crippen molar-refractivity contribution in [2.75, 3.05) is 10.0 Å². The number of sulfonamides is 1. The summed E-state index contributed by atoms with van der Waals surface area (Å²) in [5.41, 5.74) is 0.395. The van der Waals surface area contributed by atoms with Crippen LogP contribution in [0.1, 0.15) is 12.8 Å². The molecule has 0 bridgehead atoms. The van der Waals surface area contributed by atoms with Gasteiger partial charge in [-0.25, -0.2) is 13.4 Å². The van der Waals surface area contributed by atoms with Crippen molar-refractivity contribution in [3.8, 4) is 0 Å². The van der Waals surface area contributed by atoms with Gasteiger partial charge in [-0.3, -0.25) is 14.3 Å². The molecule has 3 rings (SSSR count). The van der Waals surface area contributed by atoms with E-state index in [0.717, 1.165) is 11.3 Å². The molecular formula is C17H17N3O5S2. The number of carboxylic acids is 1. The van der Waals surface area contributed by atoms with Crippen molar-refractivity contribution in [3.63, 3.8) is 0 Å². The Morgan fingerprint density at radius 3 is 2.37 bits per heavy atom. The van der Waals surface area contributed by atoms with Crippen LogP contribution in [0.4, 0.5) is 10.8 Å². The molecule has 3 N–H and O–H groups in total. The molecule has 2 aromatic rings. The van der Waals surface area contributed by atoms with Crippen molar-refractivity contribution in [2.24, 2.45) is 11.8 Å². The van der Waals surface area contributed by atoms with Crippen LogP contribution in [-0.4, -0.2) is 30.4 Å². The van der Waals surface area contributed by atoms with E-state index in [1.165, 1.54) is 30.5 Å². The summed E-state index contributed by atoms with van der Waals surface area (Å²) in [6, 6.07) is 5.65. The number of hydrogen-bond acceptors (Lipinski definition) is 6. The molecule has 1 aliphatic rings. The van der Waals surface area contributed by atoms with Crippen molar-refractivity contribution in [3.05, 3.63) is 48.0 Å². The molecule has 8 nitrogen and oxygen atoms in total. The molecule has 27 heavy (non-hydrogen) atoms.